The number of rotatable bonds is 3. The molecule has 0 amide bonds. The number of benzene rings is 1. The third-order valence-electron chi connectivity index (χ3n) is 3.04. The molecular weight excluding hydrogens is 267 g/mol. The van der Waals surface area contributed by atoms with Gasteiger partial charge < -0.3 is 4.74 Å². The van der Waals surface area contributed by atoms with E-state index in [9.17, 15) is 4.39 Å². The Hall–Kier alpha value is -1.68. The van der Waals surface area contributed by atoms with Crippen LogP contribution >= 0.6 is 11.6 Å². The quantitative estimate of drug-likeness (QED) is 0.788. The second-order valence-electron chi connectivity index (χ2n) is 4.61. The van der Waals surface area contributed by atoms with Crippen molar-refractivity contribution in [3.8, 4) is 11.6 Å². The van der Waals surface area contributed by atoms with E-state index < -0.39 is 5.82 Å². The number of hydrogen-bond donors (Lipinski definition) is 0. The van der Waals surface area contributed by atoms with Crippen LogP contribution in [0, 0.1) is 12.7 Å². The first-order valence-electron chi connectivity index (χ1n) is 6.11. The number of aromatic nitrogens is 2. The highest BCUT2D eigenvalue weighted by Crippen LogP contribution is 2.40. The first kappa shape index (κ1) is 12.4. The molecule has 0 saturated heterocycles. The predicted octanol–water partition coefficient (Wildman–Crippen LogP) is 4.25. The first-order valence-corrected chi connectivity index (χ1v) is 6.49. The van der Waals surface area contributed by atoms with Gasteiger partial charge in [-0.1, -0.05) is 23.7 Å². The molecule has 98 valence electrons. The van der Waals surface area contributed by atoms with Gasteiger partial charge in [-0.2, -0.15) is 4.98 Å². The zero-order chi connectivity index (χ0) is 13.4. The minimum Gasteiger partial charge on any atom is -0.435 e. The first-order chi connectivity index (χ1) is 9.15. The Kier molecular flexibility index (Phi) is 3.11. The van der Waals surface area contributed by atoms with E-state index in [0.717, 1.165) is 12.8 Å². The van der Waals surface area contributed by atoms with Crippen LogP contribution in [0.4, 0.5) is 4.39 Å². The van der Waals surface area contributed by atoms with Crippen LogP contribution in [0.2, 0.25) is 5.15 Å². The molecule has 0 bridgehead atoms. The Morgan fingerprint density at radius 2 is 2.00 bits per heavy atom. The average Bonchev–Trinajstić information content (AvgIpc) is 3.21. The van der Waals surface area contributed by atoms with Crippen LogP contribution in [0.5, 0.6) is 11.6 Å². The molecule has 1 aliphatic carbocycles. The largest absolute Gasteiger partial charge is 0.435 e. The van der Waals surface area contributed by atoms with Crippen molar-refractivity contribution >= 4 is 11.6 Å². The number of halogens is 2. The van der Waals surface area contributed by atoms with E-state index in [1.165, 1.54) is 6.07 Å². The molecule has 0 aliphatic heterocycles. The van der Waals surface area contributed by atoms with Crippen LogP contribution in [0.3, 0.4) is 0 Å². The van der Waals surface area contributed by atoms with E-state index >= 15 is 0 Å². The Balaban J connectivity index is 1.98. The van der Waals surface area contributed by atoms with Gasteiger partial charge in [0.15, 0.2) is 11.6 Å². The minimum atomic E-state index is -0.426. The second kappa shape index (κ2) is 4.78. The van der Waals surface area contributed by atoms with Gasteiger partial charge in [0, 0.05) is 11.5 Å². The number of nitrogens with zero attached hydrogens (tertiary/aromatic N) is 2. The lowest BCUT2D eigenvalue weighted by molar-refractivity contribution is 0.421. The summed E-state index contributed by atoms with van der Waals surface area (Å²) < 4.78 is 19.1. The Labute approximate surface area is 115 Å². The van der Waals surface area contributed by atoms with E-state index in [1.807, 2.05) is 0 Å². The lowest BCUT2D eigenvalue weighted by atomic mass is 10.3. The van der Waals surface area contributed by atoms with Gasteiger partial charge in [-0.25, -0.2) is 9.37 Å². The molecule has 1 heterocycles. The van der Waals surface area contributed by atoms with Gasteiger partial charge in [0.1, 0.15) is 11.0 Å². The van der Waals surface area contributed by atoms with Gasteiger partial charge in [0.25, 0.3) is 0 Å². The lowest BCUT2D eigenvalue weighted by Gasteiger charge is -2.10. The summed E-state index contributed by atoms with van der Waals surface area (Å²) in [7, 11) is 0. The van der Waals surface area contributed by atoms with Crippen molar-refractivity contribution in [1.82, 2.24) is 9.97 Å². The van der Waals surface area contributed by atoms with Gasteiger partial charge in [-0.05, 0) is 31.9 Å². The molecule has 1 aromatic heterocycles. The number of ether oxygens (including phenoxy) is 1. The summed E-state index contributed by atoms with van der Waals surface area (Å²) in [6, 6.07) is 6.22. The van der Waals surface area contributed by atoms with Crippen molar-refractivity contribution in [2.24, 2.45) is 0 Å². The third kappa shape index (κ3) is 2.54. The van der Waals surface area contributed by atoms with E-state index in [2.05, 4.69) is 9.97 Å². The average molecular weight is 279 g/mol. The molecule has 3 rings (SSSR count). The molecule has 3 nitrogen and oxygen atoms in total. The fourth-order valence-electron chi connectivity index (χ4n) is 1.74. The highest BCUT2D eigenvalue weighted by atomic mass is 35.5. The molecule has 1 aliphatic rings. The maximum absolute atomic E-state index is 13.6. The van der Waals surface area contributed by atoms with E-state index in [4.69, 9.17) is 16.3 Å². The van der Waals surface area contributed by atoms with Crippen LogP contribution in [0.1, 0.15) is 30.1 Å². The molecule has 2 aromatic rings. The highest BCUT2D eigenvalue weighted by Gasteiger charge is 2.28. The summed E-state index contributed by atoms with van der Waals surface area (Å²) in [4.78, 5) is 8.59. The Morgan fingerprint density at radius 3 is 2.68 bits per heavy atom. The van der Waals surface area contributed by atoms with E-state index in [-0.39, 0.29) is 5.75 Å². The fraction of sp³-hybridized carbons (Fsp3) is 0.286. The van der Waals surface area contributed by atoms with Crippen LogP contribution < -0.4 is 4.74 Å². The lowest BCUT2D eigenvalue weighted by Crippen LogP contribution is -2.00. The Morgan fingerprint density at radius 1 is 1.26 bits per heavy atom. The molecule has 1 fully saturated rings. The number of hydrogen-bond acceptors (Lipinski definition) is 3. The topological polar surface area (TPSA) is 35.0 Å². The molecule has 0 spiro atoms. The smallest absolute Gasteiger partial charge is 0.227 e. The van der Waals surface area contributed by atoms with Crippen LogP contribution in [-0.2, 0) is 0 Å². The summed E-state index contributed by atoms with van der Waals surface area (Å²) in [6.45, 7) is 1.76. The van der Waals surface area contributed by atoms with E-state index in [1.54, 1.807) is 25.1 Å². The van der Waals surface area contributed by atoms with Crippen molar-refractivity contribution in [2.45, 2.75) is 25.7 Å². The van der Waals surface area contributed by atoms with Gasteiger partial charge in [-0.15, -0.1) is 0 Å². The summed E-state index contributed by atoms with van der Waals surface area (Å²) >= 11 is 6.07. The standard InChI is InChI=1S/C14H12ClFN2O/c1-8-12(15)17-13(9-6-7-9)18-14(8)19-11-5-3-2-4-10(11)16/h2-5,9H,6-7H2,1H3. The highest BCUT2D eigenvalue weighted by molar-refractivity contribution is 6.30. The zero-order valence-corrected chi connectivity index (χ0v) is 11.1. The zero-order valence-electron chi connectivity index (χ0n) is 10.4. The molecule has 1 aromatic carbocycles. The van der Waals surface area contributed by atoms with Crippen molar-refractivity contribution in [2.75, 3.05) is 0 Å². The molecule has 0 atom stereocenters. The Bertz CT molecular complexity index is 629. The van der Waals surface area contributed by atoms with Crippen molar-refractivity contribution in [3.05, 3.63) is 46.6 Å². The number of para-hydroxylation sites is 1. The molecule has 1 saturated carbocycles. The van der Waals surface area contributed by atoms with E-state index in [0.29, 0.717) is 28.3 Å². The van der Waals surface area contributed by atoms with Crippen LogP contribution in [0.15, 0.2) is 24.3 Å². The van der Waals surface area contributed by atoms with Gasteiger partial charge in [0.05, 0.1) is 0 Å². The maximum atomic E-state index is 13.6. The van der Waals surface area contributed by atoms with Crippen molar-refractivity contribution in [3.63, 3.8) is 0 Å². The fourth-order valence-corrected chi connectivity index (χ4v) is 1.91. The van der Waals surface area contributed by atoms with Crippen molar-refractivity contribution < 1.29 is 9.13 Å². The summed E-state index contributed by atoms with van der Waals surface area (Å²) in [5.41, 5.74) is 0.620. The van der Waals surface area contributed by atoms with Crippen molar-refractivity contribution in [1.29, 1.82) is 0 Å². The van der Waals surface area contributed by atoms with Crippen LogP contribution in [0.25, 0.3) is 0 Å². The normalized spacial score (nSPS) is 14.5. The molecule has 5 heteroatoms. The molecule has 19 heavy (non-hydrogen) atoms. The molecule has 0 N–H and O–H groups in total. The minimum absolute atomic E-state index is 0.141. The third-order valence-corrected chi connectivity index (χ3v) is 3.41. The van der Waals surface area contributed by atoms with Gasteiger partial charge in [0.2, 0.25) is 5.88 Å². The van der Waals surface area contributed by atoms with Crippen LogP contribution in [-0.4, -0.2) is 9.97 Å². The SMILES string of the molecule is Cc1c(Cl)nc(C2CC2)nc1Oc1ccccc1F. The monoisotopic (exact) mass is 278 g/mol. The summed E-state index contributed by atoms with van der Waals surface area (Å²) in [5, 5.41) is 0.364. The molecule has 0 unspecified atom stereocenters. The molecular formula is C14H12ClFN2O. The predicted molar refractivity (Wildman–Crippen MR) is 70.2 cm³/mol. The summed E-state index contributed by atoms with van der Waals surface area (Å²) in [6.07, 6.45) is 2.14. The summed E-state index contributed by atoms with van der Waals surface area (Å²) in [5.74, 6) is 1.08. The molecule has 0 radical (unpaired) electrons. The van der Waals surface area contributed by atoms with Gasteiger partial charge in [-0.3, -0.25) is 0 Å². The maximum Gasteiger partial charge on any atom is 0.227 e. The van der Waals surface area contributed by atoms with Gasteiger partial charge >= 0.3 is 0 Å². The second-order valence-corrected chi connectivity index (χ2v) is 4.97.